The summed E-state index contributed by atoms with van der Waals surface area (Å²) in [6, 6.07) is 16.5. The average Bonchev–Trinajstić information content (AvgIpc) is 3.73. The van der Waals surface area contributed by atoms with Gasteiger partial charge >= 0.3 is 376 Å². The Balaban J connectivity index is 0.00000283. The van der Waals surface area contributed by atoms with E-state index in [0.717, 1.165) is 17.5 Å². The summed E-state index contributed by atoms with van der Waals surface area (Å²) < 4.78 is -0.0279. The maximum Gasteiger partial charge on any atom is -1.00 e. The van der Waals surface area contributed by atoms with Crippen molar-refractivity contribution in [3.63, 3.8) is 0 Å². The van der Waals surface area contributed by atoms with Gasteiger partial charge in [0.2, 0.25) is 0 Å². The van der Waals surface area contributed by atoms with Crippen LogP contribution in [0.25, 0.3) is 0 Å². The standard InChI is InChI=1S/C29H37.C15H8Cl6.C5H5.2ClH.Zr/c1-21-14-13-15-22-20-27(6)25(4)18-10-9-16-23(25,2)24(3)17-11-12-19-26(24,5)29(27,8)28(21,22)7;16-14(17,18)12-5-1-3-10(8-12)7-11-4-2-6-13(9-11)15(19,20)21;1-2-4-5-3-1;;;/h9-20,22H,1-8H3;1-6,8-9H;1-3H,4H2;2*1H;/q;;;;;+2/p-2. The van der Waals surface area contributed by atoms with E-state index < -0.39 is 28.9 Å². The van der Waals surface area contributed by atoms with Crippen molar-refractivity contribution in [2.45, 2.75) is 73.0 Å². The smallest absolute Gasteiger partial charge is 1.00 e. The molecule has 58 heavy (non-hydrogen) atoms. The van der Waals surface area contributed by atoms with Crippen LogP contribution in [0.4, 0.5) is 0 Å². The number of hydrogen-bond acceptors (Lipinski definition) is 0. The van der Waals surface area contributed by atoms with E-state index in [9.17, 15) is 0 Å². The van der Waals surface area contributed by atoms with Crippen LogP contribution in [0, 0.1) is 43.8 Å². The first kappa shape index (κ1) is 46.9. The molecule has 0 N–H and O–H groups in total. The third-order valence-corrected chi connectivity index (χ3v) is 27.7. The van der Waals surface area contributed by atoms with Gasteiger partial charge < -0.3 is 24.8 Å². The monoisotopic (exact) mass is 1010 g/mol. The summed E-state index contributed by atoms with van der Waals surface area (Å²) >= 11 is 36.8. The molecule has 9 atom stereocenters. The van der Waals surface area contributed by atoms with Gasteiger partial charge in [0.05, 0.1) is 0 Å². The van der Waals surface area contributed by atoms with Gasteiger partial charge in [-0.1, -0.05) is 0 Å². The summed E-state index contributed by atoms with van der Waals surface area (Å²) in [5, 5.41) is 0. The summed E-state index contributed by atoms with van der Waals surface area (Å²) in [7, 11) is 0. The minimum atomic E-state index is -3.35. The third-order valence-electron chi connectivity index (χ3n) is 17.2. The first-order chi connectivity index (χ1) is 26.1. The Morgan fingerprint density at radius 1 is 0.621 bits per heavy atom. The molecule has 0 nitrogen and oxygen atoms in total. The van der Waals surface area contributed by atoms with Gasteiger partial charge in [-0.2, -0.15) is 0 Å². The maximum absolute atomic E-state index is 6.68. The molecule has 9 heteroatoms. The molecule has 306 valence electrons. The second-order valence-corrected chi connectivity index (χ2v) is 29.2. The number of halogens is 8. The van der Waals surface area contributed by atoms with Crippen molar-refractivity contribution < 1.29 is 46.1 Å². The molecule has 9 unspecified atom stereocenters. The number of rotatable bonds is 4. The molecule has 6 aliphatic carbocycles. The van der Waals surface area contributed by atoms with E-state index in [2.05, 4.69) is 165 Å². The zero-order valence-corrected chi connectivity index (χ0v) is 42.6. The summed E-state index contributed by atoms with van der Waals surface area (Å²) in [4.78, 5) is 0. The van der Waals surface area contributed by atoms with E-state index in [1.54, 1.807) is 3.28 Å². The van der Waals surface area contributed by atoms with Gasteiger partial charge in [-0.05, 0) is 0 Å². The Morgan fingerprint density at radius 2 is 1.10 bits per heavy atom. The molecule has 0 spiro atoms. The fourth-order valence-electron chi connectivity index (χ4n) is 13.6. The van der Waals surface area contributed by atoms with Crippen LogP contribution < -0.4 is 24.8 Å². The first-order valence-corrected chi connectivity index (χ1v) is 25.8. The topological polar surface area (TPSA) is 0 Å². The quantitative estimate of drug-likeness (QED) is 0.268. The van der Waals surface area contributed by atoms with Crippen LogP contribution in [-0.2, 0) is 28.9 Å². The van der Waals surface area contributed by atoms with Crippen molar-refractivity contribution in [3.8, 4) is 0 Å². The first-order valence-electron chi connectivity index (χ1n) is 19.6. The van der Waals surface area contributed by atoms with Crippen molar-refractivity contribution in [2.24, 2.45) is 43.8 Å². The van der Waals surface area contributed by atoms with Crippen molar-refractivity contribution in [1.29, 1.82) is 0 Å². The molecular weight excluding hydrogens is 963 g/mol. The SMILES string of the molecule is CC1=CC=CC2[CH]([Zr+2]([C]3=CC=CC3)=[C](c3cccc(C(Cl)(Cl)Cl)c3)c3cccc(C(Cl)(Cl)Cl)c3)C3(C)C4(C)C=CC=CC4(C)C4(C)C=CC=CC4(C)C3(C)C12C.[Cl-].[Cl-]. The van der Waals surface area contributed by atoms with Crippen LogP contribution in [0.3, 0.4) is 0 Å². The molecule has 0 aliphatic heterocycles. The fourth-order valence-corrected chi connectivity index (χ4v) is 25.5. The van der Waals surface area contributed by atoms with Gasteiger partial charge in [-0.25, -0.2) is 0 Å². The van der Waals surface area contributed by atoms with Gasteiger partial charge in [-0.3, -0.25) is 0 Å². The molecule has 0 aromatic heterocycles. The predicted molar refractivity (Wildman–Crippen MR) is 240 cm³/mol. The molecule has 6 aliphatic rings. The van der Waals surface area contributed by atoms with E-state index >= 15 is 0 Å². The van der Waals surface area contributed by atoms with Crippen molar-refractivity contribution in [2.75, 3.05) is 0 Å². The van der Waals surface area contributed by atoms with Gasteiger partial charge in [0.25, 0.3) is 0 Å². The molecule has 2 aromatic carbocycles. The minimum absolute atomic E-state index is 0. The molecule has 0 amide bonds. The number of allylic oxidation sites excluding steroid dienone is 16. The van der Waals surface area contributed by atoms with Crippen molar-refractivity contribution in [3.05, 3.63) is 165 Å². The van der Waals surface area contributed by atoms with Gasteiger partial charge in [0, 0.05) is 0 Å². The maximum atomic E-state index is 6.68. The Hall–Kier alpha value is -0.567. The average molecular weight is 1010 g/mol. The summed E-state index contributed by atoms with van der Waals surface area (Å²) in [5.41, 5.74) is 3.23. The fraction of sp³-hybridized carbons (Fsp3) is 0.408. The van der Waals surface area contributed by atoms with Crippen molar-refractivity contribution in [1.82, 2.24) is 0 Å². The van der Waals surface area contributed by atoms with Crippen molar-refractivity contribution >= 4 is 72.8 Å². The largest absolute Gasteiger partial charge is 1.00 e. The second kappa shape index (κ2) is 15.3. The Labute approximate surface area is 396 Å². The zero-order valence-electron chi connectivity index (χ0n) is 34.1. The van der Waals surface area contributed by atoms with E-state index in [1.165, 1.54) is 8.78 Å². The van der Waals surface area contributed by atoms with Crippen LogP contribution in [0.2, 0.25) is 3.63 Å². The molecule has 8 rings (SSSR count). The van der Waals surface area contributed by atoms with Crippen LogP contribution in [0.1, 0.15) is 84.1 Å². The summed E-state index contributed by atoms with van der Waals surface area (Å²) in [5.74, 6) is 0.236. The molecule has 2 saturated carbocycles. The number of alkyl halides is 6. The van der Waals surface area contributed by atoms with E-state index in [0.29, 0.717) is 11.1 Å². The Kier molecular flexibility index (Phi) is 12.4. The molecule has 0 bridgehead atoms. The number of benzene rings is 2. The van der Waals surface area contributed by atoms with Crippen LogP contribution in [0.5, 0.6) is 0 Å². The molecule has 0 heterocycles. The van der Waals surface area contributed by atoms with Gasteiger partial charge in [0.15, 0.2) is 0 Å². The molecule has 2 fully saturated rings. The zero-order chi connectivity index (χ0) is 40.5. The number of fused-ring (bicyclic) bond motifs is 8. The van der Waals surface area contributed by atoms with Gasteiger partial charge in [0.1, 0.15) is 0 Å². The van der Waals surface area contributed by atoms with Crippen LogP contribution >= 0.6 is 69.6 Å². The normalized spacial score (nSPS) is 37.6. The number of hydrogen-bond donors (Lipinski definition) is 0. The van der Waals surface area contributed by atoms with Crippen LogP contribution in [0.15, 0.2) is 142 Å². The molecule has 0 radical (unpaired) electrons. The molecule has 0 saturated heterocycles. The minimum Gasteiger partial charge on any atom is -1.00 e. The second-order valence-electron chi connectivity index (χ2n) is 18.3. The molecular formula is C49H50Cl8Zr. The summed E-state index contributed by atoms with van der Waals surface area (Å²) in [6.45, 7) is 20.7. The third kappa shape index (κ3) is 5.86. The van der Waals surface area contributed by atoms with Crippen LogP contribution in [-0.4, -0.2) is 3.21 Å². The Bertz CT molecular complexity index is 2260. The van der Waals surface area contributed by atoms with E-state index in [1.807, 2.05) is 24.3 Å². The van der Waals surface area contributed by atoms with E-state index in [-0.39, 0.29) is 72.3 Å². The van der Waals surface area contributed by atoms with Gasteiger partial charge in [-0.15, -0.1) is 0 Å². The summed E-state index contributed by atoms with van der Waals surface area (Å²) in [6.07, 6.45) is 34.9. The van der Waals surface area contributed by atoms with E-state index in [4.69, 9.17) is 69.6 Å². The Morgan fingerprint density at radius 3 is 1.59 bits per heavy atom. The predicted octanol–water partition coefficient (Wildman–Crippen LogP) is 9.62. The molecule has 2 aromatic rings.